The number of nitrogens with zero attached hydrogens (tertiary/aromatic N) is 1. The molecule has 0 bridgehead atoms. The van der Waals surface area contributed by atoms with Crippen molar-refractivity contribution in [2.24, 2.45) is 5.92 Å². The molecule has 2 rings (SSSR count). The first-order chi connectivity index (χ1) is 10.0. The van der Waals surface area contributed by atoms with Gasteiger partial charge in [-0.2, -0.15) is 0 Å². The van der Waals surface area contributed by atoms with E-state index in [1.54, 1.807) is 4.90 Å². The summed E-state index contributed by atoms with van der Waals surface area (Å²) in [5.41, 5.74) is 0. The molecule has 1 saturated carbocycles. The summed E-state index contributed by atoms with van der Waals surface area (Å²) >= 11 is 0. The molecule has 1 aliphatic heterocycles. The molecule has 2 unspecified atom stereocenters. The summed E-state index contributed by atoms with van der Waals surface area (Å²) in [4.78, 5) is 37.1. The lowest BCUT2D eigenvalue weighted by atomic mass is 10.1. The molecule has 118 valence electrons. The maximum absolute atomic E-state index is 12.3. The van der Waals surface area contributed by atoms with Gasteiger partial charge >= 0.3 is 5.97 Å². The zero-order chi connectivity index (χ0) is 15.4. The van der Waals surface area contributed by atoms with Gasteiger partial charge in [0.25, 0.3) is 0 Å². The molecule has 2 amide bonds. The van der Waals surface area contributed by atoms with Crippen LogP contribution < -0.4 is 5.32 Å². The first-order valence-corrected chi connectivity index (χ1v) is 7.37. The Bertz CT molecular complexity index is 422. The van der Waals surface area contributed by atoms with E-state index in [1.165, 1.54) is 7.11 Å². The molecule has 1 saturated heterocycles. The molecule has 2 N–H and O–H groups in total. The topological polar surface area (TPSA) is 95.9 Å². The van der Waals surface area contributed by atoms with Gasteiger partial charge in [-0.05, 0) is 25.7 Å². The molecule has 1 heterocycles. The van der Waals surface area contributed by atoms with Crippen molar-refractivity contribution in [2.45, 2.75) is 44.2 Å². The number of hydrogen-bond acceptors (Lipinski definition) is 4. The number of aliphatic carboxylic acids is 1. The number of methoxy groups -OCH3 is 1. The van der Waals surface area contributed by atoms with Gasteiger partial charge in [0.2, 0.25) is 11.8 Å². The van der Waals surface area contributed by atoms with Crippen LogP contribution in [0.3, 0.4) is 0 Å². The highest BCUT2D eigenvalue weighted by atomic mass is 16.5. The second-order valence-electron chi connectivity index (χ2n) is 5.64. The summed E-state index contributed by atoms with van der Waals surface area (Å²) in [6.07, 6.45) is 3.39. The summed E-state index contributed by atoms with van der Waals surface area (Å²) in [6, 6.07) is -1.50. The van der Waals surface area contributed by atoms with Gasteiger partial charge in [0.1, 0.15) is 12.1 Å². The SMILES string of the molecule is COCCC(NC(=O)C1CCCN1C(=O)C1CC1)C(=O)O. The van der Waals surface area contributed by atoms with Crippen LogP contribution in [0.5, 0.6) is 0 Å². The molecule has 2 atom stereocenters. The van der Waals surface area contributed by atoms with Crippen LogP contribution in [0.1, 0.15) is 32.1 Å². The molecule has 7 heteroatoms. The highest BCUT2D eigenvalue weighted by molar-refractivity contribution is 5.92. The number of carbonyl (C=O) groups is 3. The van der Waals surface area contributed by atoms with Crippen molar-refractivity contribution in [3.63, 3.8) is 0 Å². The predicted octanol–water partition coefficient (Wildman–Crippen LogP) is -0.00670. The van der Waals surface area contributed by atoms with Crippen LogP contribution in [0.15, 0.2) is 0 Å². The molecule has 0 aromatic rings. The summed E-state index contributed by atoms with van der Waals surface area (Å²) in [7, 11) is 1.48. The lowest BCUT2D eigenvalue weighted by Gasteiger charge is -2.25. The van der Waals surface area contributed by atoms with Crippen molar-refractivity contribution >= 4 is 17.8 Å². The van der Waals surface area contributed by atoms with E-state index in [1.807, 2.05) is 0 Å². The van der Waals surface area contributed by atoms with Gasteiger partial charge in [-0.25, -0.2) is 4.79 Å². The molecule has 0 radical (unpaired) electrons. The first-order valence-electron chi connectivity index (χ1n) is 7.37. The molecule has 7 nitrogen and oxygen atoms in total. The van der Waals surface area contributed by atoms with E-state index in [0.29, 0.717) is 13.0 Å². The van der Waals surface area contributed by atoms with Crippen molar-refractivity contribution < 1.29 is 24.2 Å². The Kier molecular flexibility index (Phi) is 5.17. The Morgan fingerprint density at radius 3 is 2.62 bits per heavy atom. The van der Waals surface area contributed by atoms with Crippen LogP contribution in [-0.4, -0.2) is 60.1 Å². The Morgan fingerprint density at radius 1 is 1.33 bits per heavy atom. The fourth-order valence-electron chi connectivity index (χ4n) is 2.63. The molecular formula is C14H22N2O5. The van der Waals surface area contributed by atoms with Crippen LogP contribution >= 0.6 is 0 Å². The third-order valence-electron chi connectivity index (χ3n) is 3.99. The fraction of sp³-hybridized carbons (Fsp3) is 0.786. The maximum atomic E-state index is 12.3. The molecule has 0 aromatic heterocycles. The largest absolute Gasteiger partial charge is 0.480 e. The molecule has 0 aromatic carbocycles. The van der Waals surface area contributed by atoms with Gasteiger partial charge in [0.05, 0.1) is 0 Å². The number of carbonyl (C=O) groups excluding carboxylic acids is 2. The molecule has 0 spiro atoms. The Hall–Kier alpha value is -1.63. The third kappa shape index (κ3) is 3.93. The average Bonchev–Trinajstić information content (AvgIpc) is 3.18. The molecular weight excluding hydrogens is 276 g/mol. The van der Waals surface area contributed by atoms with Crippen LogP contribution in [0.25, 0.3) is 0 Å². The first kappa shape index (κ1) is 15.8. The van der Waals surface area contributed by atoms with Gasteiger partial charge < -0.3 is 20.1 Å². The van der Waals surface area contributed by atoms with E-state index in [9.17, 15) is 14.4 Å². The second-order valence-corrected chi connectivity index (χ2v) is 5.64. The number of carboxylic acid groups (broad SMARTS) is 1. The van der Waals surface area contributed by atoms with Crippen molar-refractivity contribution in [3.05, 3.63) is 0 Å². The normalized spacial score (nSPS) is 22.9. The summed E-state index contributed by atoms with van der Waals surface area (Å²) in [5, 5.41) is 11.6. The maximum Gasteiger partial charge on any atom is 0.326 e. The minimum absolute atomic E-state index is 0.0383. The molecule has 1 aliphatic carbocycles. The fourth-order valence-corrected chi connectivity index (χ4v) is 2.63. The minimum Gasteiger partial charge on any atom is -0.480 e. The second kappa shape index (κ2) is 6.89. The average molecular weight is 298 g/mol. The highest BCUT2D eigenvalue weighted by Gasteiger charge is 2.41. The van der Waals surface area contributed by atoms with E-state index in [4.69, 9.17) is 9.84 Å². The number of carboxylic acids is 1. The number of ether oxygens (including phenoxy) is 1. The number of amides is 2. The summed E-state index contributed by atoms with van der Waals surface area (Å²) < 4.78 is 4.85. The quantitative estimate of drug-likeness (QED) is 0.689. The highest BCUT2D eigenvalue weighted by Crippen LogP contribution is 2.33. The minimum atomic E-state index is -1.08. The predicted molar refractivity (Wildman–Crippen MR) is 73.5 cm³/mol. The smallest absolute Gasteiger partial charge is 0.326 e. The van der Waals surface area contributed by atoms with Crippen molar-refractivity contribution in [1.82, 2.24) is 10.2 Å². The van der Waals surface area contributed by atoms with E-state index in [2.05, 4.69) is 5.32 Å². The summed E-state index contributed by atoms with van der Waals surface area (Å²) in [6.45, 7) is 0.843. The van der Waals surface area contributed by atoms with Crippen molar-refractivity contribution in [1.29, 1.82) is 0 Å². The molecule has 21 heavy (non-hydrogen) atoms. The van der Waals surface area contributed by atoms with Crippen LogP contribution in [0.2, 0.25) is 0 Å². The standard InChI is InChI=1S/C14H22N2O5/c1-21-8-6-10(14(19)20)15-12(17)11-3-2-7-16(11)13(18)9-4-5-9/h9-11H,2-8H2,1H3,(H,15,17)(H,19,20). The van der Waals surface area contributed by atoms with Crippen molar-refractivity contribution in [3.8, 4) is 0 Å². The summed E-state index contributed by atoms with van der Waals surface area (Å²) in [5.74, 6) is -1.35. The van der Waals surface area contributed by atoms with Crippen molar-refractivity contribution in [2.75, 3.05) is 20.3 Å². The van der Waals surface area contributed by atoms with Gasteiger partial charge in [-0.1, -0.05) is 0 Å². The van der Waals surface area contributed by atoms with Crippen LogP contribution in [-0.2, 0) is 19.1 Å². The van der Waals surface area contributed by atoms with Gasteiger partial charge in [0, 0.05) is 32.6 Å². The van der Waals surface area contributed by atoms with E-state index >= 15 is 0 Å². The number of nitrogens with one attached hydrogen (secondary N) is 1. The lowest BCUT2D eigenvalue weighted by molar-refractivity contribution is -0.144. The zero-order valence-corrected chi connectivity index (χ0v) is 12.2. The Balaban J connectivity index is 1.93. The number of rotatable bonds is 7. The Labute approximate surface area is 123 Å². The van der Waals surface area contributed by atoms with Gasteiger partial charge in [-0.3, -0.25) is 9.59 Å². The number of likely N-dealkylation sites (tertiary alicyclic amines) is 1. The van der Waals surface area contributed by atoms with Gasteiger partial charge in [-0.15, -0.1) is 0 Å². The monoisotopic (exact) mass is 298 g/mol. The molecule has 2 aliphatic rings. The molecule has 2 fully saturated rings. The van der Waals surface area contributed by atoms with E-state index < -0.39 is 18.1 Å². The Morgan fingerprint density at radius 2 is 2.05 bits per heavy atom. The third-order valence-corrected chi connectivity index (χ3v) is 3.99. The van der Waals surface area contributed by atoms with Crippen LogP contribution in [0, 0.1) is 5.92 Å². The zero-order valence-electron chi connectivity index (χ0n) is 12.2. The van der Waals surface area contributed by atoms with Crippen LogP contribution in [0.4, 0.5) is 0 Å². The van der Waals surface area contributed by atoms with E-state index in [-0.39, 0.29) is 30.8 Å². The van der Waals surface area contributed by atoms with E-state index in [0.717, 1.165) is 19.3 Å². The number of hydrogen-bond donors (Lipinski definition) is 2. The lowest BCUT2D eigenvalue weighted by Crippen LogP contribution is -2.51. The van der Waals surface area contributed by atoms with Gasteiger partial charge in [0.15, 0.2) is 0 Å².